The normalized spacial score (nSPS) is 9.95. The average molecular weight is 258 g/mol. The number of aromatic hydroxyl groups is 1. The molecular weight excluding hydrogens is 244 g/mol. The molecule has 0 saturated carbocycles. The fourth-order valence-electron chi connectivity index (χ4n) is 1.56. The molecule has 0 unspecified atom stereocenters. The van der Waals surface area contributed by atoms with Crippen LogP contribution in [0.25, 0.3) is 0 Å². The van der Waals surface area contributed by atoms with Gasteiger partial charge in [0.2, 0.25) is 0 Å². The molecule has 0 aliphatic heterocycles. The Labute approximate surface area is 111 Å². The Morgan fingerprint density at radius 1 is 1.11 bits per heavy atom. The molecule has 1 N–H and O–H groups in total. The van der Waals surface area contributed by atoms with Crippen LogP contribution in [0.3, 0.4) is 0 Å². The van der Waals surface area contributed by atoms with E-state index in [2.05, 4.69) is 0 Å². The van der Waals surface area contributed by atoms with Crippen LogP contribution in [0.4, 0.5) is 0 Å². The standard InChI is InChI=1S/C15H14O4/c1-2-18-15(17)11-6-8-13(9-7-11)19-14-5-3-4-12(16)10-14/h3-10,16H,2H2,1H3. The van der Waals surface area contributed by atoms with Crippen molar-refractivity contribution in [2.45, 2.75) is 6.92 Å². The molecule has 2 rings (SSSR count). The molecule has 0 bridgehead atoms. The Morgan fingerprint density at radius 2 is 1.84 bits per heavy atom. The molecule has 0 aliphatic rings. The summed E-state index contributed by atoms with van der Waals surface area (Å²) in [5.74, 6) is 0.898. The first-order chi connectivity index (χ1) is 9.19. The van der Waals surface area contributed by atoms with Gasteiger partial charge in [-0.3, -0.25) is 0 Å². The predicted molar refractivity (Wildman–Crippen MR) is 70.6 cm³/mol. The van der Waals surface area contributed by atoms with Crippen molar-refractivity contribution in [2.24, 2.45) is 0 Å². The number of phenols is 1. The van der Waals surface area contributed by atoms with Crippen molar-refractivity contribution in [3.63, 3.8) is 0 Å². The highest BCUT2D eigenvalue weighted by Crippen LogP contribution is 2.24. The summed E-state index contributed by atoms with van der Waals surface area (Å²) >= 11 is 0. The number of rotatable bonds is 4. The maximum Gasteiger partial charge on any atom is 0.338 e. The van der Waals surface area contributed by atoms with Crippen molar-refractivity contribution < 1.29 is 19.4 Å². The van der Waals surface area contributed by atoms with Gasteiger partial charge in [0.1, 0.15) is 17.2 Å². The molecular formula is C15H14O4. The number of benzene rings is 2. The van der Waals surface area contributed by atoms with Crippen molar-refractivity contribution in [2.75, 3.05) is 6.61 Å². The minimum Gasteiger partial charge on any atom is -0.508 e. The van der Waals surface area contributed by atoms with Gasteiger partial charge < -0.3 is 14.6 Å². The molecule has 2 aromatic carbocycles. The Hall–Kier alpha value is -2.49. The van der Waals surface area contributed by atoms with E-state index in [9.17, 15) is 9.90 Å². The molecule has 19 heavy (non-hydrogen) atoms. The lowest BCUT2D eigenvalue weighted by atomic mass is 10.2. The lowest BCUT2D eigenvalue weighted by Crippen LogP contribution is -2.03. The molecule has 2 aromatic rings. The minimum atomic E-state index is -0.355. The second-order valence-corrected chi connectivity index (χ2v) is 3.84. The van der Waals surface area contributed by atoms with Gasteiger partial charge in [-0.2, -0.15) is 0 Å². The highest BCUT2D eigenvalue weighted by Gasteiger charge is 2.06. The van der Waals surface area contributed by atoms with Gasteiger partial charge in [-0.25, -0.2) is 4.79 Å². The number of carbonyl (C=O) groups is 1. The van der Waals surface area contributed by atoms with E-state index >= 15 is 0 Å². The van der Waals surface area contributed by atoms with Gasteiger partial charge in [-0.15, -0.1) is 0 Å². The molecule has 4 heteroatoms. The zero-order valence-electron chi connectivity index (χ0n) is 10.5. The van der Waals surface area contributed by atoms with Gasteiger partial charge in [0.15, 0.2) is 0 Å². The van der Waals surface area contributed by atoms with Crippen LogP contribution in [0.15, 0.2) is 48.5 Å². The monoisotopic (exact) mass is 258 g/mol. The highest BCUT2D eigenvalue weighted by molar-refractivity contribution is 5.89. The van der Waals surface area contributed by atoms with E-state index in [1.165, 1.54) is 6.07 Å². The van der Waals surface area contributed by atoms with E-state index in [4.69, 9.17) is 9.47 Å². The van der Waals surface area contributed by atoms with Crippen molar-refractivity contribution in [3.8, 4) is 17.2 Å². The summed E-state index contributed by atoms with van der Waals surface area (Å²) in [5, 5.41) is 9.33. The molecule has 98 valence electrons. The summed E-state index contributed by atoms with van der Waals surface area (Å²) in [7, 11) is 0. The average Bonchev–Trinajstić information content (AvgIpc) is 2.40. The first kappa shape index (κ1) is 13.0. The zero-order valence-corrected chi connectivity index (χ0v) is 10.5. The third-order valence-corrected chi connectivity index (χ3v) is 2.42. The zero-order chi connectivity index (χ0) is 13.7. The molecule has 0 radical (unpaired) electrons. The summed E-state index contributed by atoms with van der Waals surface area (Å²) in [6, 6.07) is 13.1. The van der Waals surface area contributed by atoms with Gasteiger partial charge in [-0.05, 0) is 43.3 Å². The third-order valence-electron chi connectivity index (χ3n) is 2.42. The van der Waals surface area contributed by atoms with Gasteiger partial charge in [-0.1, -0.05) is 6.07 Å². The van der Waals surface area contributed by atoms with Crippen molar-refractivity contribution in [1.29, 1.82) is 0 Å². The Balaban J connectivity index is 2.08. The number of carbonyl (C=O) groups excluding carboxylic acids is 1. The van der Waals surface area contributed by atoms with Crippen molar-refractivity contribution >= 4 is 5.97 Å². The molecule has 0 amide bonds. The Bertz CT molecular complexity index is 561. The SMILES string of the molecule is CCOC(=O)c1ccc(Oc2cccc(O)c2)cc1. The summed E-state index contributed by atoms with van der Waals surface area (Å²) < 4.78 is 10.4. The van der Waals surface area contributed by atoms with Crippen LogP contribution in [-0.4, -0.2) is 17.7 Å². The molecule has 4 nitrogen and oxygen atoms in total. The van der Waals surface area contributed by atoms with Crippen LogP contribution in [0.2, 0.25) is 0 Å². The minimum absolute atomic E-state index is 0.139. The maximum atomic E-state index is 11.5. The maximum absolute atomic E-state index is 11.5. The van der Waals surface area contributed by atoms with Crippen molar-refractivity contribution in [1.82, 2.24) is 0 Å². The van der Waals surface area contributed by atoms with E-state index in [1.54, 1.807) is 49.4 Å². The van der Waals surface area contributed by atoms with Crippen LogP contribution in [0, 0.1) is 0 Å². The molecule has 0 fully saturated rings. The van der Waals surface area contributed by atoms with E-state index in [1.807, 2.05) is 0 Å². The Kier molecular flexibility index (Phi) is 4.03. The van der Waals surface area contributed by atoms with Crippen molar-refractivity contribution in [3.05, 3.63) is 54.1 Å². The fourth-order valence-corrected chi connectivity index (χ4v) is 1.56. The highest BCUT2D eigenvalue weighted by atomic mass is 16.5. The third kappa shape index (κ3) is 3.48. The molecule has 0 spiro atoms. The van der Waals surface area contributed by atoms with Crippen LogP contribution in [-0.2, 0) is 4.74 Å². The summed E-state index contributed by atoms with van der Waals surface area (Å²) in [6.07, 6.45) is 0. The van der Waals surface area contributed by atoms with E-state index in [0.29, 0.717) is 23.7 Å². The van der Waals surface area contributed by atoms with Crippen LogP contribution in [0.5, 0.6) is 17.2 Å². The summed E-state index contributed by atoms with van der Waals surface area (Å²) in [5.41, 5.74) is 0.477. The largest absolute Gasteiger partial charge is 0.508 e. The quantitative estimate of drug-likeness (QED) is 0.854. The van der Waals surface area contributed by atoms with E-state index in [0.717, 1.165) is 0 Å². The smallest absolute Gasteiger partial charge is 0.338 e. The van der Waals surface area contributed by atoms with Gasteiger partial charge in [0, 0.05) is 6.07 Å². The van der Waals surface area contributed by atoms with Gasteiger partial charge in [0.05, 0.1) is 12.2 Å². The van der Waals surface area contributed by atoms with Crippen LogP contribution < -0.4 is 4.74 Å². The topological polar surface area (TPSA) is 55.8 Å². The molecule has 0 heterocycles. The molecule has 0 aromatic heterocycles. The summed E-state index contributed by atoms with van der Waals surface area (Å²) in [6.45, 7) is 2.11. The number of esters is 1. The fraction of sp³-hybridized carbons (Fsp3) is 0.133. The summed E-state index contributed by atoms with van der Waals surface area (Å²) in [4.78, 5) is 11.5. The lowest BCUT2D eigenvalue weighted by molar-refractivity contribution is 0.0526. The Morgan fingerprint density at radius 3 is 2.47 bits per heavy atom. The molecule has 0 saturated heterocycles. The van der Waals surface area contributed by atoms with Gasteiger partial charge >= 0.3 is 5.97 Å². The number of ether oxygens (including phenoxy) is 2. The van der Waals surface area contributed by atoms with E-state index in [-0.39, 0.29) is 11.7 Å². The molecule has 0 atom stereocenters. The second kappa shape index (κ2) is 5.91. The molecule has 0 aliphatic carbocycles. The van der Waals surface area contributed by atoms with Crippen LogP contribution >= 0.6 is 0 Å². The number of hydrogen-bond acceptors (Lipinski definition) is 4. The first-order valence-corrected chi connectivity index (χ1v) is 5.93. The number of phenolic OH excluding ortho intramolecular Hbond substituents is 1. The first-order valence-electron chi connectivity index (χ1n) is 5.93. The number of hydrogen-bond donors (Lipinski definition) is 1. The predicted octanol–water partition coefficient (Wildman–Crippen LogP) is 3.36. The second-order valence-electron chi connectivity index (χ2n) is 3.84. The lowest BCUT2D eigenvalue weighted by Gasteiger charge is -2.07. The van der Waals surface area contributed by atoms with Gasteiger partial charge in [0.25, 0.3) is 0 Å². The van der Waals surface area contributed by atoms with Crippen LogP contribution in [0.1, 0.15) is 17.3 Å². The van der Waals surface area contributed by atoms with E-state index < -0.39 is 0 Å².